The summed E-state index contributed by atoms with van der Waals surface area (Å²) in [7, 11) is 1.61. The van der Waals surface area contributed by atoms with Gasteiger partial charge in [-0.3, -0.25) is 9.59 Å². The van der Waals surface area contributed by atoms with E-state index in [1.807, 2.05) is 80.6 Å². The Balaban J connectivity index is 1.78. The van der Waals surface area contributed by atoms with Crippen LogP contribution in [0, 0.1) is 0 Å². The van der Waals surface area contributed by atoms with Crippen LogP contribution in [0.1, 0.15) is 32.8 Å². The molecular weight excluding hydrogens is 416 g/mol. The van der Waals surface area contributed by atoms with Gasteiger partial charge in [0.2, 0.25) is 5.91 Å². The summed E-state index contributed by atoms with van der Waals surface area (Å²) in [4.78, 5) is 27.7. The van der Waals surface area contributed by atoms with Gasteiger partial charge in [-0.15, -0.1) is 0 Å². The predicted octanol–water partition coefficient (Wildman–Crippen LogP) is 4.56. The third-order valence-corrected chi connectivity index (χ3v) is 5.78. The molecule has 3 aromatic carbocycles. The fourth-order valence-electron chi connectivity index (χ4n) is 3.52. The van der Waals surface area contributed by atoms with Crippen LogP contribution in [0.15, 0.2) is 66.7 Å². The summed E-state index contributed by atoms with van der Waals surface area (Å²) in [6.45, 7) is 5.83. The molecule has 6 heteroatoms. The maximum atomic E-state index is 13.3. The van der Waals surface area contributed by atoms with Crippen molar-refractivity contribution in [2.75, 3.05) is 13.7 Å². The minimum Gasteiger partial charge on any atom is -0.497 e. The van der Waals surface area contributed by atoms with Crippen LogP contribution in [0.2, 0.25) is 0 Å². The van der Waals surface area contributed by atoms with Gasteiger partial charge in [0.05, 0.1) is 7.11 Å². The van der Waals surface area contributed by atoms with E-state index in [-0.39, 0.29) is 31.0 Å². The average molecular weight is 449 g/mol. The number of methoxy groups -OCH3 is 1. The Morgan fingerprint density at radius 1 is 0.970 bits per heavy atom. The van der Waals surface area contributed by atoms with Gasteiger partial charge in [-0.25, -0.2) is 0 Å². The van der Waals surface area contributed by atoms with Gasteiger partial charge in [-0.05, 0) is 49.4 Å². The van der Waals surface area contributed by atoms with Gasteiger partial charge in [0.1, 0.15) is 17.5 Å². The van der Waals surface area contributed by atoms with Crippen LogP contribution < -0.4 is 14.8 Å². The Morgan fingerprint density at radius 2 is 1.67 bits per heavy atom. The molecule has 0 heterocycles. The maximum Gasteiger partial charge on any atom is 0.261 e. The number of carbonyl (C=O) groups excluding carboxylic acids is 2. The lowest BCUT2D eigenvalue weighted by atomic mass is 10.1. The number of carbonyl (C=O) groups is 2. The molecule has 0 radical (unpaired) electrons. The molecule has 3 aromatic rings. The molecule has 3 rings (SSSR count). The highest BCUT2D eigenvalue weighted by atomic mass is 16.5. The standard InChI is InChI=1S/C27H32N2O4/c1-5-19(2)28-27(31)20(3)29(17-21-13-15-23(32-4)16-14-21)26(30)18-33-25-12-8-10-22-9-6-7-11-24(22)25/h6-16,19-20H,5,17-18H2,1-4H3,(H,28,31)/t19-,20-/m1/s1. The van der Waals surface area contributed by atoms with Crippen LogP contribution in [0.3, 0.4) is 0 Å². The second-order valence-corrected chi connectivity index (χ2v) is 8.13. The van der Waals surface area contributed by atoms with Crippen molar-refractivity contribution in [1.82, 2.24) is 10.2 Å². The summed E-state index contributed by atoms with van der Waals surface area (Å²) in [5.41, 5.74) is 0.900. The van der Waals surface area contributed by atoms with Crippen molar-refractivity contribution in [2.24, 2.45) is 0 Å². The summed E-state index contributed by atoms with van der Waals surface area (Å²) in [6.07, 6.45) is 0.815. The summed E-state index contributed by atoms with van der Waals surface area (Å²) in [6, 6.07) is 20.5. The van der Waals surface area contributed by atoms with Crippen LogP contribution in [-0.2, 0) is 16.1 Å². The molecule has 0 aliphatic rings. The zero-order valence-electron chi connectivity index (χ0n) is 19.7. The highest BCUT2D eigenvalue weighted by Gasteiger charge is 2.27. The number of nitrogens with zero attached hydrogens (tertiary/aromatic N) is 1. The lowest BCUT2D eigenvalue weighted by molar-refractivity contribution is -0.142. The van der Waals surface area contributed by atoms with Gasteiger partial charge in [0.15, 0.2) is 6.61 Å². The monoisotopic (exact) mass is 448 g/mol. The van der Waals surface area contributed by atoms with E-state index >= 15 is 0 Å². The zero-order chi connectivity index (χ0) is 23.8. The van der Waals surface area contributed by atoms with Crippen LogP contribution in [0.4, 0.5) is 0 Å². The molecule has 1 N–H and O–H groups in total. The molecule has 174 valence electrons. The second kappa shape index (κ2) is 11.4. The molecule has 0 bridgehead atoms. The number of amides is 2. The van der Waals surface area contributed by atoms with E-state index in [0.29, 0.717) is 5.75 Å². The third kappa shape index (κ3) is 6.25. The number of hydrogen-bond acceptors (Lipinski definition) is 4. The van der Waals surface area contributed by atoms with Crippen molar-refractivity contribution in [1.29, 1.82) is 0 Å². The number of hydrogen-bond donors (Lipinski definition) is 1. The molecule has 0 aliphatic heterocycles. The van der Waals surface area contributed by atoms with Crippen molar-refractivity contribution in [3.63, 3.8) is 0 Å². The number of rotatable bonds is 10. The summed E-state index contributed by atoms with van der Waals surface area (Å²) in [5.74, 6) is 0.933. The van der Waals surface area contributed by atoms with Gasteiger partial charge in [-0.2, -0.15) is 0 Å². The Hall–Kier alpha value is -3.54. The minimum atomic E-state index is -0.648. The molecular formula is C27H32N2O4. The normalized spacial score (nSPS) is 12.6. The molecule has 0 saturated carbocycles. The average Bonchev–Trinajstić information content (AvgIpc) is 2.85. The van der Waals surface area contributed by atoms with Gasteiger partial charge >= 0.3 is 0 Å². The first-order chi connectivity index (χ1) is 15.9. The summed E-state index contributed by atoms with van der Waals surface area (Å²) < 4.78 is 11.1. The third-order valence-electron chi connectivity index (χ3n) is 5.78. The molecule has 0 fully saturated rings. The van der Waals surface area contributed by atoms with Gasteiger partial charge in [0.25, 0.3) is 5.91 Å². The minimum absolute atomic E-state index is 0.0322. The summed E-state index contributed by atoms with van der Waals surface area (Å²) in [5, 5.41) is 4.96. The van der Waals surface area contributed by atoms with Crippen molar-refractivity contribution in [2.45, 2.75) is 45.8 Å². The zero-order valence-corrected chi connectivity index (χ0v) is 19.7. The predicted molar refractivity (Wildman–Crippen MR) is 130 cm³/mol. The Morgan fingerprint density at radius 3 is 2.36 bits per heavy atom. The van der Waals surface area contributed by atoms with Crippen LogP contribution in [0.25, 0.3) is 10.8 Å². The van der Waals surface area contributed by atoms with Gasteiger partial charge in [0, 0.05) is 18.0 Å². The van der Waals surface area contributed by atoms with E-state index in [1.54, 1.807) is 18.9 Å². The summed E-state index contributed by atoms with van der Waals surface area (Å²) >= 11 is 0. The molecule has 0 unspecified atom stereocenters. The molecule has 6 nitrogen and oxygen atoms in total. The molecule has 2 atom stereocenters. The van der Waals surface area contributed by atoms with Crippen molar-refractivity contribution in [3.05, 3.63) is 72.3 Å². The van der Waals surface area contributed by atoms with E-state index in [0.717, 1.165) is 28.5 Å². The first kappa shape index (κ1) is 24.1. The lowest BCUT2D eigenvalue weighted by Gasteiger charge is -2.29. The number of fused-ring (bicyclic) bond motifs is 1. The van der Waals surface area contributed by atoms with E-state index < -0.39 is 6.04 Å². The van der Waals surface area contributed by atoms with Crippen molar-refractivity contribution >= 4 is 22.6 Å². The smallest absolute Gasteiger partial charge is 0.261 e. The SMILES string of the molecule is CC[C@@H](C)NC(=O)[C@@H](C)N(Cc1ccc(OC)cc1)C(=O)COc1cccc2ccccc12. The quantitative estimate of drug-likeness (QED) is 0.494. The Kier molecular flexibility index (Phi) is 8.30. The van der Waals surface area contributed by atoms with Crippen molar-refractivity contribution in [3.8, 4) is 11.5 Å². The maximum absolute atomic E-state index is 13.3. The number of ether oxygens (including phenoxy) is 2. The van der Waals surface area contributed by atoms with Crippen LogP contribution >= 0.6 is 0 Å². The van der Waals surface area contributed by atoms with Gasteiger partial charge in [-0.1, -0.05) is 55.5 Å². The molecule has 0 aromatic heterocycles. The highest BCUT2D eigenvalue weighted by Crippen LogP contribution is 2.25. The number of nitrogens with one attached hydrogen (secondary N) is 1. The van der Waals surface area contributed by atoms with Gasteiger partial charge < -0.3 is 19.7 Å². The van der Waals surface area contributed by atoms with E-state index in [4.69, 9.17) is 9.47 Å². The van der Waals surface area contributed by atoms with Crippen LogP contribution in [-0.4, -0.2) is 42.5 Å². The van der Waals surface area contributed by atoms with Crippen LogP contribution in [0.5, 0.6) is 11.5 Å². The number of benzene rings is 3. The fraction of sp³-hybridized carbons (Fsp3) is 0.333. The van der Waals surface area contributed by atoms with E-state index in [9.17, 15) is 9.59 Å². The lowest BCUT2D eigenvalue weighted by Crippen LogP contribution is -2.50. The highest BCUT2D eigenvalue weighted by molar-refractivity contribution is 5.90. The van der Waals surface area contributed by atoms with E-state index in [2.05, 4.69) is 5.32 Å². The van der Waals surface area contributed by atoms with Crippen molar-refractivity contribution < 1.29 is 19.1 Å². The Labute approximate surface area is 195 Å². The Bertz CT molecular complexity index is 1080. The molecule has 33 heavy (non-hydrogen) atoms. The molecule has 0 saturated heterocycles. The molecule has 2 amide bonds. The fourth-order valence-corrected chi connectivity index (χ4v) is 3.52. The topological polar surface area (TPSA) is 67.9 Å². The van der Waals surface area contributed by atoms with E-state index in [1.165, 1.54) is 0 Å². The molecule has 0 spiro atoms. The second-order valence-electron chi connectivity index (χ2n) is 8.13. The first-order valence-corrected chi connectivity index (χ1v) is 11.3. The molecule has 0 aliphatic carbocycles. The largest absolute Gasteiger partial charge is 0.497 e. The first-order valence-electron chi connectivity index (χ1n) is 11.3.